The summed E-state index contributed by atoms with van der Waals surface area (Å²) in [5.74, 6) is 0.178. The number of likely N-dealkylation sites (tertiary alicyclic amines) is 1. The van der Waals surface area contributed by atoms with Crippen LogP contribution in [-0.2, 0) is 0 Å². The molecule has 1 atom stereocenters. The molecule has 0 radical (unpaired) electrons. The average Bonchev–Trinajstić information content (AvgIpc) is 2.69. The fourth-order valence-corrected chi connectivity index (χ4v) is 3.52. The van der Waals surface area contributed by atoms with Gasteiger partial charge in [0.1, 0.15) is 0 Å². The van der Waals surface area contributed by atoms with Gasteiger partial charge < -0.3 is 10.2 Å². The molecule has 1 fully saturated rings. The van der Waals surface area contributed by atoms with Gasteiger partial charge in [-0.1, -0.05) is 11.6 Å². The predicted octanol–water partition coefficient (Wildman–Crippen LogP) is 5.04. The van der Waals surface area contributed by atoms with Crippen LogP contribution in [0.15, 0.2) is 48.5 Å². The minimum absolute atomic E-state index is 0.0741. The Balaban J connectivity index is 1.51. The summed E-state index contributed by atoms with van der Waals surface area (Å²) < 4.78 is 0. The first-order valence-electron chi connectivity index (χ1n) is 9.48. The van der Waals surface area contributed by atoms with Crippen molar-refractivity contribution in [2.75, 3.05) is 18.4 Å². The molecule has 0 spiro atoms. The Morgan fingerprint density at radius 1 is 1.04 bits per heavy atom. The summed E-state index contributed by atoms with van der Waals surface area (Å²) in [6.45, 7) is 3.50. The van der Waals surface area contributed by atoms with Gasteiger partial charge in [0, 0.05) is 47.4 Å². The number of amides is 1. The molecule has 1 heterocycles. The van der Waals surface area contributed by atoms with Gasteiger partial charge in [-0.05, 0) is 74.7 Å². The topological polar surface area (TPSA) is 49.4 Å². The van der Waals surface area contributed by atoms with Crippen LogP contribution >= 0.6 is 11.6 Å². The molecule has 0 saturated carbocycles. The highest BCUT2D eigenvalue weighted by atomic mass is 35.5. The normalized spacial score (nSPS) is 16.8. The van der Waals surface area contributed by atoms with Crippen molar-refractivity contribution in [3.8, 4) is 0 Å². The van der Waals surface area contributed by atoms with Gasteiger partial charge in [-0.15, -0.1) is 0 Å². The number of benzene rings is 2. The third-order valence-corrected chi connectivity index (χ3v) is 5.30. The smallest absolute Gasteiger partial charge is 0.254 e. The Morgan fingerprint density at radius 3 is 2.37 bits per heavy atom. The first-order chi connectivity index (χ1) is 13.0. The van der Waals surface area contributed by atoms with E-state index >= 15 is 0 Å². The van der Waals surface area contributed by atoms with Crippen molar-refractivity contribution < 1.29 is 9.59 Å². The Labute approximate surface area is 165 Å². The third-order valence-electron chi connectivity index (χ3n) is 5.04. The van der Waals surface area contributed by atoms with Crippen LogP contribution in [0.5, 0.6) is 0 Å². The van der Waals surface area contributed by atoms with Crippen LogP contribution in [0.2, 0.25) is 5.02 Å². The maximum atomic E-state index is 12.7. The van der Waals surface area contributed by atoms with Crippen molar-refractivity contribution in [1.82, 2.24) is 4.90 Å². The molecule has 27 heavy (non-hydrogen) atoms. The minimum atomic E-state index is 0.0741. The lowest BCUT2D eigenvalue weighted by atomic mass is 10.0. The fourth-order valence-electron chi connectivity index (χ4n) is 3.40. The van der Waals surface area contributed by atoms with Crippen LogP contribution in [-0.4, -0.2) is 35.7 Å². The minimum Gasteiger partial charge on any atom is -0.385 e. The van der Waals surface area contributed by atoms with Gasteiger partial charge in [-0.3, -0.25) is 9.59 Å². The van der Waals surface area contributed by atoms with Crippen LogP contribution < -0.4 is 5.32 Å². The number of carbonyl (C=O) groups is 2. The van der Waals surface area contributed by atoms with Crippen molar-refractivity contribution in [2.45, 2.75) is 38.6 Å². The highest BCUT2D eigenvalue weighted by molar-refractivity contribution is 6.30. The highest BCUT2D eigenvalue weighted by Crippen LogP contribution is 2.20. The van der Waals surface area contributed by atoms with Gasteiger partial charge in [-0.2, -0.15) is 0 Å². The van der Waals surface area contributed by atoms with Gasteiger partial charge >= 0.3 is 0 Å². The summed E-state index contributed by atoms with van der Waals surface area (Å²) in [6, 6.07) is 14.7. The molecule has 0 aliphatic carbocycles. The lowest BCUT2D eigenvalue weighted by Gasteiger charge is -2.33. The van der Waals surface area contributed by atoms with E-state index in [1.54, 1.807) is 24.3 Å². The van der Waals surface area contributed by atoms with Gasteiger partial charge in [0.15, 0.2) is 5.78 Å². The second-order valence-corrected chi connectivity index (χ2v) is 7.46. The van der Waals surface area contributed by atoms with Crippen LogP contribution in [0.1, 0.15) is 53.3 Å². The molecule has 5 heteroatoms. The fraction of sp³-hybridized carbons (Fsp3) is 0.364. The summed E-state index contributed by atoms with van der Waals surface area (Å²) >= 11 is 5.84. The molecule has 2 aromatic rings. The largest absolute Gasteiger partial charge is 0.385 e. The van der Waals surface area contributed by atoms with E-state index in [-0.39, 0.29) is 11.7 Å². The average molecular weight is 385 g/mol. The van der Waals surface area contributed by atoms with E-state index in [4.69, 9.17) is 11.6 Å². The zero-order valence-electron chi connectivity index (χ0n) is 15.6. The number of hydrogen-bond donors (Lipinski definition) is 1. The predicted molar refractivity (Wildman–Crippen MR) is 110 cm³/mol. The lowest BCUT2D eigenvalue weighted by Crippen LogP contribution is -2.41. The monoisotopic (exact) mass is 384 g/mol. The molecule has 1 aliphatic heterocycles. The van der Waals surface area contributed by atoms with E-state index < -0.39 is 0 Å². The van der Waals surface area contributed by atoms with Crippen molar-refractivity contribution in [3.05, 3.63) is 64.7 Å². The Hall–Kier alpha value is -2.33. The number of hydrogen-bond acceptors (Lipinski definition) is 3. The molecule has 1 amide bonds. The summed E-state index contributed by atoms with van der Waals surface area (Å²) in [7, 11) is 0. The summed E-state index contributed by atoms with van der Waals surface area (Å²) in [5, 5.41) is 3.86. The molecule has 1 saturated heterocycles. The number of nitrogens with one attached hydrogen (secondary N) is 1. The van der Waals surface area contributed by atoms with Crippen molar-refractivity contribution in [2.24, 2.45) is 0 Å². The number of carbonyl (C=O) groups excluding carboxylic acids is 2. The van der Waals surface area contributed by atoms with E-state index in [0.717, 1.165) is 25.1 Å². The van der Waals surface area contributed by atoms with E-state index in [1.807, 2.05) is 29.2 Å². The second-order valence-electron chi connectivity index (χ2n) is 7.03. The second kappa shape index (κ2) is 9.05. The highest BCUT2D eigenvalue weighted by Gasteiger charge is 2.23. The van der Waals surface area contributed by atoms with E-state index in [9.17, 15) is 9.59 Å². The van der Waals surface area contributed by atoms with Crippen molar-refractivity contribution in [1.29, 1.82) is 0 Å². The molecule has 0 bridgehead atoms. The lowest BCUT2D eigenvalue weighted by molar-refractivity contribution is 0.0635. The molecule has 3 rings (SSSR count). The quantitative estimate of drug-likeness (QED) is 0.710. The van der Waals surface area contributed by atoms with Gasteiger partial charge in [0.05, 0.1) is 0 Å². The van der Waals surface area contributed by atoms with Crippen LogP contribution in [0.25, 0.3) is 0 Å². The van der Waals surface area contributed by atoms with Gasteiger partial charge in [0.25, 0.3) is 5.91 Å². The molecular formula is C22H25ClN2O2. The van der Waals surface area contributed by atoms with Gasteiger partial charge in [-0.25, -0.2) is 0 Å². The number of halogens is 1. The Kier molecular flexibility index (Phi) is 6.51. The zero-order valence-corrected chi connectivity index (χ0v) is 16.3. The van der Waals surface area contributed by atoms with Crippen molar-refractivity contribution >= 4 is 29.0 Å². The SMILES string of the molecule is C[C@H]1CCCCN1C(=O)c1ccc(NCCC(=O)c2ccc(Cl)cc2)cc1. The number of anilines is 1. The molecule has 142 valence electrons. The summed E-state index contributed by atoms with van der Waals surface area (Å²) in [6.07, 6.45) is 3.75. The van der Waals surface area contributed by atoms with Crippen LogP contribution in [0.4, 0.5) is 5.69 Å². The van der Waals surface area contributed by atoms with Gasteiger partial charge in [0.2, 0.25) is 0 Å². The molecule has 0 unspecified atom stereocenters. The zero-order chi connectivity index (χ0) is 19.2. The van der Waals surface area contributed by atoms with E-state index in [1.165, 1.54) is 6.42 Å². The number of nitrogens with zero attached hydrogens (tertiary/aromatic N) is 1. The number of Topliss-reactive ketones (excluding diaryl/α,β-unsaturated/α-hetero) is 1. The maximum absolute atomic E-state index is 12.7. The number of rotatable bonds is 6. The van der Waals surface area contributed by atoms with E-state index in [0.29, 0.717) is 35.2 Å². The molecule has 1 N–H and O–H groups in total. The van der Waals surface area contributed by atoms with Crippen LogP contribution in [0.3, 0.4) is 0 Å². The molecular weight excluding hydrogens is 360 g/mol. The Morgan fingerprint density at radius 2 is 1.70 bits per heavy atom. The molecule has 1 aliphatic rings. The molecule has 2 aromatic carbocycles. The summed E-state index contributed by atoms with van der Waals surface area (Å²) in [5.41, 5.74) is 2.28. The van der Waals surface area contributed by atoms with Crippen LogP contribution in [0, 0.1) is 0 Å². The first-order valence-corrected chi connectivity index (χ1v) is 9.86. The molecule has 4 nitrogen and oxygen atoms in total. The first kappa shape index (κ1) is 19.4. The maximum Gasteiger partial charge on any atom is 0.254 e. The number of ketones is 1. The van der Waals surface area contributed by atoms with E-state index in [2.05, 4.69) is 12.2 Å². The number of piperidine rings is 1. The molecule has 0 aromatic heterocycles. The third kappa shape index (κ3) is 5.10. The summed E-state index contributed by atoms with van der Waals surface area (Å²) in [4.78, 5) is 26.8. The Bertz CT molecular complexity index is 787. The standard InChI is InChI=1S/C22H25ClN2O2/c1-16-4-2-3-15-25(16)22(27)18-7-11-20(12-8-18)24-14-13-21(26)17-5-9-19(23)10-6-17/h5-12,16,24H,2-4,13-15H2,1H3/t16-/m0/s1. The van der Waals surface area contributed by atoms with Crippen molar-refractivity contribution in [3.63, 3.8) is 0 Å².